The van der Waals surface area contributed by atoms with Crippen molar-refractivity contribution in [1.29, 1.82) is 0 Å². The van der Waals surface area contributed by atoms with Gasteiger partial charge in [0.25, 0.3) is 5.91 Å². The number of carbonyl (C=O) groups excluding carboxylic acids is 2. The lowest BCUT2D eigenvalue weighted by molar-refractivity contribution is 0.0951. The molecule has 0 radical (unpaired) electrons. The van der Waals surface area contributed by atoms with E-state index in [2.05, 4.69) is 16.0 Å². The number of amides is 3. The van der Waals surface area contributed by atoms with E-state index in [9.17, 15) is 14.0 Å². The molecule has 3 aromatic carbocycles. The summed E-state index contributed by atoms with van der Waals surface area (Å²) < 4.78 is 12.9. The molecular weight excluding hydrogens is 369 g/mol. The standard InChI is InChI=1S/C23H22FN3O2/c1-16-4-2-3-5-19(16)15-26-23(29)27-21-12-8-18(9-13-21)22(28)25-14-17-6-10-20(24)11-7-17/h2-13H,14-15H2,1H3,(H,25,28)(H2,26,27,29). The van der Waals surface area contributed by atoms with Crippen LogP contribution in [0.3, 0.4) is 0 Å². The summed E-state index contributed by atoms with van der Waals surface area (Å²) in [7, 11) is 0. The number of rotatable bonds is 6. The monoisotopic (exact) mass is 391 g/mol. The number of carbonyl (C=O) groups is 2. The molecule has 0 bridgehead atoms. The number of aryl methyl sites for hydroxylation is 1. The Labute approximate surface area is 169 Å². The van der Waals surface area contributed by atoms with Gasteiger partial charge >= 0.3 is 6.03 Å². The van der Waals surface area contributed by atoms with Crippen molar-refractivity contribution >= 4 is 17.6 Å². The summed E-state index contributed by atoms with van der Waals surface area (Å²) in [6, 6.07) is 20.1. The Morgan fingerprint density at radius 2 is 1.52 bits per heavy atom. The molecule has 3 aromatic rings. The Balaban J connectivity index is 1.48. The van der Waals surface area contributed by atoms with Gasteiger partial charge in [0.05, 0.1) is 0 Å². The number of benzene rings is 3. The Morgan fingerprint density at radius 3 is 2.21 bits per heavy atom. The van der Waals surface area contributed by atoms with E-state index in [1.807, 2.05) is 31.2 Å². The van der Waals surface area contributed by atoms with Crippen LogP contribution >= 0.6 is 0 Å². The Hall–Kier alpha value is -3.67. The number of hydrogen-bond donors (Lipinski definition) is 3. The maximum absolute atomic E-state index is 12.9. The molecule has 0 aliphatic rings. The van der Waals surface area contributed by atoms with Crippen molar-refractivity contribution in [1.82, 2.24) is 10.6 Å². The average Bonchev–Trinajstić information content (AvgIpc) is 2.73. The van der Waals surface area contributed by atoms with Gasteiger partial charge in [0.2, 0.25) is 0 Å². The van der Waals surface area contributed by atoms with Gasteiger partial charge in [-0.15, -0.1) is 0 Å². The molecule has 0 aromatic heterocycles. The quantitative estimate of drug-likeness (QED) is 0.583. The van der Waals surface area contributed by atoms with E-state index < -0.39 is 0 Å². The summed E-state index contributed by atoms with van der Waals surface area (Å²) >= 11 is 0. The SMILES string of the molecule is Cc1ccccc1CNC(=O)Nc1ccc(C(=O)NCc2ccc(F)cc2)cc1. The fourth-order valence-corrected chi connectivity index (χ4v) is 2.75. The predicted molar refractivity (Wildman–Crippen MR) is 111 cm³/mol. The Kier molecular flexibility index (Phi) is 6.58. The van der Waals surface area contributed by atoms with Crippen molar-refractivity contribution < 1.29 is 14.0 Å². The zero-order valence-corrected chi connectivity index (χ0v) is 16.0. The molecule has 0 aliphatic heterocycles. The second kappa shape index (κ2) is 9.50. The highest BCUT2D eigenvalue weighted by Gasteiger charge is 2.07. The van der Waals surface area contributed by atoms with Gasteiger partial charge in [0, 0.05) is 24.3 Å². The molecule has 0 fully saturated rings. The first-order valence-corrected chi connectivity index (χ1v) is 9.23. The second-order valence-electron chi connectivity index (χ2n) is 6.62. The lowest BCUT2D eigenvalue weighted by atomic mass is 10.1. The third-order valence-electron chi connectivity index (χ3n) is 4.47. The lowest BCUT2D eigenvalue weighted by Crippen LogP contribution is -2.28. The van der Waals surface area contributed by atoms with Crippen molar-refractivity contribution in [2.24, 2.45) is 0 Å². The van der Waals surface area contributed by atoms with Gasteiger partial charge < -0.3 is 16.0 Å². The van der Waals surface area contributed by atoms with Crippen LogP contribution in [0.5, 0.6) is 0 Å². The lowest BCUT2D eigenvalue weighted by Gasteiger charge is -2.10. The van der Waals surface area contributed by atoms with Crippen molar-refractivity contribution in [3.8, 4) is 0 Å². The molecule has 0 saturated heterocycles. The fraction of sp³-hybridized carbons (Fsp3) is 0.130. The predicted octanol–water partition coefficient (Wildman–Crippen LogP) is 4.39. The second-order valence-corrected chi connectivity index (χ2v) is 6.62. The molecule has 0 atom stereocenters. The summed E-state index contributed by atoms with van der Waals surface area (Å²) in [5.74, 6) is -0.559. The van der Waals surface area contributed by atoms with Gasteiger partial charge in [-0.25, -0.2) is 9.18 Å². The molecule has 3 amide bonds. The van der Waals surface area contributed by atoms with E-state index in [-0.39, 0.29) is 17.8 Å². The van der Waals surface area contributed by atoms with Gasteiger partial charge in [0.1, 0.15) is 5.82 Å². The van der Waals surface area contributed by atoms with E-state index in [4.69, 9.17) is 0 Å². The highest BCUT2D eigenvalue weighted by molar-refractivity contribution is 5.95. The molecule has 6 heteroatoms. The first-order valence-electron chi connectivity index (χ1n) is 9.23. The van der Waals surface area contributed by atoms with Crippen LogP contribution in [0.25, 0.3) is 0 Å². The van der Waals surface area contributed by atoms with Crippen LogP contribution in [-0.2, 0) is 13.1 Å². The van der Waals surface area contributed by atoms with E-state index in [0.717, 1.165) is 16.7 Å². The molecule has 0 saturated carbocycles. The number of hydrogen-bond acceptors (Lipinski definition) is 2. The van der Waals surface area contributed by atoms with Crippen LogP contribution in [0.15, 0.2) is 72.8 Å². The molecule has 3 N–H and O–H groups in total. The maximum atomic E-state index is 12.9. The van der Waals surface area contributed by atoms with Crippen molar-refractivity contribution in [3.63, 3.8) is 0 Å². The van der Waals surface area contributed by atoms with Gasteiger partial charge in [-0.2, -0.15) is 0 Å². The third-order valence-corrected chi connectivity index (χ3v) is 4.47. The van der Waals surface area contributed by atoms with Crippen LogP contribution < -0.4 is 16.0 Å². The molecule has 3 rings (SSSR count). The topological polar surface area (TPSA) is 70.2 Å². The molecule has 0 unspecified atom stereocenters. The van der Waals surface area contributed by atoms with Crippen LogP contribution in [0.4, 0.5) is 14.9 Å². The smallest absolute Gasteiger partial charge is 0.319 e. The van der Waals surface area contributed by atoms with E-state index in [1.165, 1.54) is 12.1 Å². The number of anilines is 1. The fourth-order valence-electron chi connectivity index (χ4n) is 2.75. The Morgan fingerprint density at radius 1 is 0.828 bits per heavy atom. The van der Waals surface area contributed by atoms with E-state index in [1.54, 1.807) is 36.4 Å². The maximum Gasteiger partial charge on any atom is 0.319 e. The zero-order valence-electron chi connectivity index (χ0n) is 16.0. The van der Waals surface area contributed by atoms with Gasteiger partial charge in [-0.05, 0) is 60.0 Å². The molecule has 0 spiro atoms. The summed E-state index contributed by atoms with van der Waals surface area (Å²) in [6.45, 7) is 2.73. The average molecular weight is 391 g/mol. The Bertz CT molecular complexity index is 986. The van der Waals surface area contributed by atoms with E-state index >= 15 is 0 Å². The molecule has 0 aliphatic carbocycles. The summed E-state index contributed by atoms with van der Waals surface area (Å²) in [4.78, 5) is 24.3. The van der Waals surface area contributed by atoms with Crippen LogP contribution in [0.1, 0.15) is 27.0 Å². The van der Waals surface area contributed by atoms with Gasteiger partial charge in [0.15, 0.2) is 0 Å². The van der Waals surface area contributed by atoms with Crippen LogP contribution in [0.2, 0.25) is 0 Å². The molecule has 29 heavy (non-hydrogen) atoms. The highest BCUT2D eigenvalue weighted by atomic mass is 19.1. The summed E-state index contributed by atoms with van der Waals surface area (Å²) in [5.41, 5.74) is 4.03. The van der Waals surface area contributed by atoms with Gasteiger partial charge in [-0.1, -0.05) is 36.4 Å². The van der Waals surface area contributed by atoms with Gasteiger partial charge in [-0.3, -0.25) is 4.79 Å². The molecule has 5 nitrogen and oxygen atoms in total. The molecule has 148 valence electrons. The first-order chi connectivity index (χ1) is 14.0. The van der Waals surface area contributed by atoms with Crippen LogP contribution in [-0.4, -0.2) is 11.9 Å². The largest absolute Gasteiger partial charge is 0.348 e. The normalized spacial score (nSPS) is 10.3. The number of halogens is 1. The third kappa shape index (κ3) is 5.90. The first kappa shape index (κ1) is 20.1. The number of urea groups is 1. The van der Waals surface area contributed by atoms with E-state index in [0.29, 0.717) is 24.3 Å². The number of nitrogens with one attached hydrogen (secondary N) is 3. The van der Waals surface area contributed by atoms with Crippen LogP contribution in [0, 0.1) is 12.7 Å². The summed E-state index contributed by atoms with van der Waals surface area (Å²) in [6.07, 6.45) is 0. The van der Waals surface area contributed by atoms with Crippen molar-refractivity contribution in [2.75, 3.05) is 5.32 Å². The molecule has 0 heterocycles. The minimum atomic E-state index is -0.318. The molecular formula is C23H22FN3O2. The highest BCUT2D eigenvalue weighted by Crippen LogP contribution is 2.11. The van der Waals surface area contributed by atoms with Crippen molar-refractivity contribution in [3.05, 3.63) is 101 Å². The minimum Gasteiger partial charge on any atom is -0.348 e. The minimum absolute atomic E-state index is 0.245. The zero-order chi connectivity index (χ0) is 20.6. The summed E-state index contributed by atoms with van der Waals surface area (Å²) in [5, 5.41) is 8.33. The van der Waals surface area contributed by atoms with Crippen molar-refractivity contribution in [2.45, 2.75) is 20.0 Å².